The summed E-state index contributed by atoms with van der Waals surface area (Å²) in [7, 11) is -17.4. The number of phosphoric ester groups is 1. The third-order valence-electron chi connectivity index (χ3n) is 16.9. The van der Waals surface area contributed by atoms with Gasteiger partial charge in [0.25, 0.3) is 5.56 Å². The Kier molecular flexibility index (Phi) is 40.1. The second-order valence-electron chi connectivity index (χ2n) is 26.7. The van der Waals surface area contributed by atoms with Gasteiger partial charge in [-0.25, -0.2) is 23.3 Å². The molecular formula is C70H107N9O24P3S5+. The zero-order chi connectivity index (χ0) is 82.2. The minimum atomic E-state index is -5.77. The molecule has 41 heteroatoms. The Labute approximate surface area is 665 Å². The number of rotatable bonds is 42. The van der Waals surface area contributed by atoms with Crippen LogP contribution in [0.5, 0.6) is 0 Å². The van der Waals surface area contributed by atoms with Gasteiger partial charge in [0.2, 0.25) is 17.5 Å². The van der Waals surface area contributed by atoms with Crippen LogP contribution in [-0.2, 0) is 107 Å². The Morgan fingerprint density at radius 2 is 1.58 bits per heavy atom. The number of amides is 3. The van der Waals surface area contributed by atoms with E-state index in [1.807, 2.05) is 13.8 Å². The first-order valence-corrected chi connectivity index (χ1v) is 46.2. The van der Waals surface area contributed by atoms with Crippen LogP contribution in [0.2, 0.25) is 0 Å². The number of aryl methyl sites for hydroxylation is 1. The number of unbranched alkanes of at least 4 members (excludes halogenated alkanes) is 3. The number of allylic oxidation sites excluding steroid dienone is 6. The third-order valence-corrected chi connectivity index (χ3v) is 24.5. The number of nitrogens with zero attached hydrogens (tertiary/aromatic N) is 4. The van der Waals surface area contributed by atoms with Gasteiger partial charge in [0, 0.05) is 99.0 Å². The first-order chi connectivity index (χ1) is 52.3. The van der Waals surface area contributed by atoms with Gasteiger partial charge in [-0.1, -0.05) is 105 Å². The molecular weight excluding hydrogens is 1600 g/mol. The predicted octanol–water partition coefficient (Wildman–Crippen LogP) is 10.3. The fraction of sp³-hybridized carbons (Fsp3) is 0.571. The van der Waals surface area contributed by atoms with Crippen LogP contribution in [0.3, 0.4) is 0 Å². The van der Waals surface area contributed by atoms with E-state index in [0.717, 1.165) is 32.4 Å². The number of aromatic nitrogens is 3. The molecule has 1 fully saturated rings. The lowest BCUT2D eigenvalue weighted by atomic mass is 9.81. The molecule has 0 radical (unpaired) electrons. The lowest BCUT2D eigenvalue weighted by Crippen LogP contribution is -2.29. The molecule has 4 aromatic rings. The Hall–Kier alpha value is -5.98. The van der Waals surface area contributed by atoms with Gasteiger partial charge in [-0.15, -0.1) is 12.6 Å². The molecule has 111 heavy (non-hydrogen) atoms. The average Bonchev–Trinajstić information content (AvgIpc) is 1.60. The van der Waals surface area contributed by atoms with E-state index in [0.29, 0.717) is 84.4 Å². The third kappa shape index (κ3) is 32.7. The van der Waals surface area contributed by atoms with Crippen LogP contribution < -0.4 is 32.1 Å². The maximum absolute atomic E-state index is 13.0. The van der Waals surface area contributed by atoms with Crippen molar-refractivity contribution < 1.29 is 113 Å². The van der Waals surface area contributed by atoms with Gasteiger partial charge in [-0.3, -0.25) is 19.1 Å². The predicted molar refractivity (Wildman–Crippen MR) is 432 cm³/mol. The molecule has 2 aromatic carbocycles. The number of carbonyl (C=O) groups excluding carboxylic acids is 3. The minimum Gasteiger partial charge on any atom is -0.450 e. The SMILES string of the molecule is CCNC(=O)OCCC(C)(C)SSCOCCCCOC(=O)NCC#Cc1cn([C@H]2C[C@H](OCS(C)=S)[C@@H](COP(=O)(O)OP(=O)(O)OP(=O)(O)O)O2)c2nc(N)[nH]c(=O)c12.CCOCCOCCNC(=O)CCCCC[N+]1=C(/C=C/C=C/C=C2\N(CC)c3ccccc3C2(C)C)C(C)(C)c2cc(C)ccc21.O=S(=O)=O.[HH]. The van der Waals surface area contributed by atoms with E-state index in [1.54, 1.807) is 27.8 Å². The first kappa shape index (κ1) is 95.6. The number of para-hydroxylation sites is 1. The van der Waals surface area contributed by atoms with Crippen molar-refractivity contribution in [2.45, 2.75) is 155 Å². The van der Waals surface area contributed by atoms with Crippen molar-refractivity contribution in [3.8, 4) is 11.8 Å². The smallest absolute Gasteiger partial charge is 0.450 e. The van der Waals surface area contributed by atoms with Crippen LogP contribution >= 0.6 is 45.1 Å². The number of hydrogen-bond acceptors (Lipinski definition) is 26. The Morgan fingerprint density at radius 3 is 2.28 bits per heavy atom. The van der Waals surface area contributed by atoms with Gasteiger partial charge < -0.3 is 83.9 Å². The molecule has 6 atom stereocenters. The fourth-order valence-corrected chi connectivity index (χ4v) is 17.7. The number of ether oxygens (including phenoxy) is 7. The highest BCUT2D eigenvalue weighted by Crippen LogP contribution is 2.66. The summed E-state index contributed by atoms with van der Waals surface area (Å²) in [6.07, 6.45) is 15.4. The number of likely N-dealkylation sites (N-methyl/N-ethyl adjacent to an activating group) is 1. The average molecular weight is 1710 g/mol. The number of nitrogens with one attached hydrogen (secondary N) is 4. The molecule has 2 aromatic heterocycles. The number of carbonyl (C=O) groups is 3. The summed E-state index contributed by atoms with van der Waals surface area (Å²) < 4.78 is 115. The van der Waals surface area contributed by atoms with Crippen molar-refractivity contribution in [1.82, 2.24) is 30.5 Å². The van der Waals surface area contributed by atoms with Crippen LogP contribution in [0.25, 0.3) is 11.0 Å². The van der Waals surface area contributed by atoms with Crippen LogP contribution in [0.1, 0.15) is 144 Å². The molecule has 10 N–H and O–H groups in total. The van der Waals surface area contributed by atoms with Crippen LogP contribution in [0.4, 0.5) is 26.9 Å². The second kappa shape index (κ2) is 46.5. The van der Waals surface area contributed by atoms with E-state index in [2.05, 4.69) is 184 Å². The molecule has 3 unspecified atom stereocenters. The van der Waals surface area contributed by atoms with Crippen molar-refractivity contribution in [1.29, 1.82) is 0 Å². The summed E-state index contributed by atoms with van der Waals surface area (Å²) in [6, 6.07) is 15.6. The molecule has 33 nitrogen and oxygen atoms in total. The van der Waals surface area contributed by atoms with Crippen molar-refractivity contribution in [2.24, 2.45) is 0 Å². The number of alkyl carbamates (subject to hydrolysis) is 2. The van der Waals surface area contributed by atoms with Gasteiger partial charge in [-0.05, 0) is 129 Å². The molecule has 0 bridgehead atoms. The van der Waals surface area contributed by atoms with Crippen molar-refractivity contribution in [2.75, 3.05) is 114 Å². The van der Waals surface area contributed by atoms with Gasteiger partial charge in [-0.2, -0.15) is 18.2 Å². The van der Waals surface area contributed by atoms with E-state index in [-0.39, 0.29) is 71.0 Å². The van der Waals surface area contributed by atoms with E-state index in [9.17, 15) is 42.7 Å². The molecule has 620 valence electrons. The van der Waals surface area contributed by atoms with E-state index in [4.69, 9.17) is 77.0 Å². The van der Waals surface area contributed by atoms with Crippen LogP contribution in [0, 0.1) is 18.8 Å². The van der Waals surface area contributed by atoms with E-state index < -0.39 is 86.3 Å². The molecule has 3 aliphatic heterocycles. The molecule has 0 saturated carbocycles. The first-order valence-electron chi connectivity index (χ1n) is 35.7. The number of anilines is 2. The number of aromatic amines is 1. The van der Waals surface area contributed by atoms with Gasteiger partial charge in [0.1, 0.15) is 24.8 Å². The number of fused-ring (bicyclic) bond motifs is 3. The highest BCUT2D eigenvalue weighted by atomic mass is 33.1. The topological polar surface area (TPSA) is 446 Å². The molecule has 7 rings (SSSR count). The summed E-state index contributed by atoms with van der Waals surface area (Å²) in [4.78, 5) is 95.1. The quantitative estimate of drug-likeness (QED) is 0.00378. The number of benzene rings is 2. The lowest BCUT2D eigenvalue weighted by Gasteiger charge is -2.25. The monoisotopic (exact) mass is 1710 g/mol. The Bertz CT molecular complexity index is 4340. The molecule has 0 spiro atoms. The second-order valence-corrected chi connectivity index (χ2v) is 37.6. The van der Waals surface area contributed by atoms with Gasteiger partial charge in [0.15, 0.2) is 11.4 Å². The number of H-pyrrole nitrogens is 1. The Balaban J connectivity index is 0.000000461. The number of nitrogens with two attached hydrogens (primary N) is 1. The summed E-state index contributed by atoms with van der Waals surface area (Å²) in [6.45, 7) is 26.8. The van der Waals surface area contributed by atoms with E-state index in [1.165, 1.54) is 50.2 Å². The summed E-state index contributed by atoms with van der Waals surface area (Å²) >= 11 is 5.20. The summed E-state index contributed by atoms with van der Waals surface area (Å²) in [5.74, 6) is 5.93. The maximum Gasteiger partial charge on any atom is 0.490 e. The minimum absolute atomic E-state index is 0. The summed E-state index contributed by atoms with van der Waals surface area (Å²) in [5.41, 5.74) is 14.6. The van der Waals surface area contributed by atoms with Crippen molar-refractivity contribution in [3.63, 3.8) is 0 Å². The normalized spacial score (nSPS) is 18.1. The highest BCUT2D eigenvalue weighted by Gasteiger charge is 2.46. The zero-order valence-electron chi connectivity index (χ0n) is 64.2. The molecule has 1 saturated heterocycles. The maximum atomic E-state index is 13.0. The zero-order valence-corrected chi connectivity index (χ0v) is 71.0. The van der Waals surface area contributed by atoms with Gasteiger partial charge in [0.05, 0.1) is 74.6 Å². The van der Waals surface area contributed by atoms with Crippen molar-refractivity contribution in [3.05, 3.63) is 117 Å². The van der Waals surface area contributed by atoms with Crippen molar-refractivity contribution >= 4 is 128 Å². The largest absolute Gasteiger partial charge is 0.490 e. The molecule has 3 amide bonds. The summed E-state index contributed by atoms with van der Waals surface area (Å²) in [5, 5.41) is 8.07. The highest BCUT2D eigenvalue weighted by molar-refractivity contribution is 8.77. The van der Waals surface area contributed by atoms with Crippen LogP contribution in [0.15, 0.2) is 89.5 Å². The van der Waals surface area contributed by atoms with Gasteiger partial charge >= 0.3 is 46.3 Å². The van der Waals surface area contributed by atoms with Crippen LogP contribution in [-0.4, -0.2) is 196 Å². The molecule has 0 aliphatic carbocycles. The number of hydrogen-bond donors (Lipinski definition) is 9. The Morgan fingerprint density at radius 1 is 0.874 bits per heavy atom. The molecule has 3 aliphatic rings. The molecule has 5 heterocycles. The fourth-order valence-electron chi connectivity index (χ4n) is 11.8. The van der Waals surface area contributed by atoms with E-state index >= 15 is 0 Å². The standard InChI is InChI=1S/C40H55N3O3.C30H49N6O18P3S4.O3S.H2/c1-8-42-34-19-16-15-18-32(34)39(4,5)36(42)20-12-10-13-21-37-40(6,7)33-30-31(3)23-24-35(33)43(37)26-17-11-14-22-38(44)41-25-27-46-29-28-45-9-2;1-5-32-28(38)49-14-10-30(2,3)60-59-18-47-12-6-7-13-48-29(39)33-11-8-9-20-16-36(25-24(20)26(37)35-27(31)34-25)23-15-21(50-19-61(4)58)22(52-23)17-51-56(43,44)54-57(45,46)53-55(40,41)42;1-4(2)3;/h10,12-13,15-16,18-21,23-24,30H,8-9,11,14,17,22,25-29H2,1-7H3;16,21-23H,5-7,10-15,17-19H2,1-4H3,(H,32,38)(H,33,39)(H,43,44)(H,45,46)(H2,40,41,42)(H3,31,34,35,37);;1H/p+1/t;21-,22+,23+,61?;;/m.0../s1. The number of nitrogen functional groups attached to an aromatic ring is 1. The number of phosphoric acid groups is 3. The lowest BCUT2D eigenvalue weighted by molar-refractivity contribution is -0.438.